The molecular weight excluding hydrogens is 459 g/mol. The summed E-state index contributed by atoms with van der Waals surface area (Å²) in [6.45, 7) is 1.94. The lowest BCUT2D eigenvalue weighted by atomic mass is 10.3. The summed E-state index contributed by atoms with van der Waals surface area (Å²) in [4.78, 5) is 12.1. The van der Waals surface area contributed by atoms with Crippen molar-refractivity contribution in [1.29, 1.82) is 0 Å². The van der Waals surface area contributed by atoms with Gasteiger partial charge in [0.2, 0.25) is 0 Å². The fraction of sp³-hybridized carbons (Fsp3) is 0.136. The monoisotopic (exact) mass is 478 g/mol. The summed E-state index contributed by atoms with van der Waals surface area (Å²) in [5, 5.41) is 2.70. The van der Waals surface area contributed by atoms with Crippen LogP contribution in [0.4, 0.5) is 15.8 Å². The Labute approximate surface area is 190 Å². The Morgan fingerprint density at radius 3 is 2.41 bits per heavy atom. The Balaban J connectivity index is 1.64. The number of amides is 1. The summed E-state index contributed by atoms with van der Waals surface area (Å²) in [5.41, 5.74) is 0.703. The quantitative estimate of drug-likeness (QED) is 0.465. The molecule has 0 aromatic heterocycles. The van der Waals surface area contributed by atoms with E-state index in [0.717, 1.165) is 12.1 Å². The van der Waals surface area contributed by atoms with Crippen molar-refractivity contribution < 1.29 is 27.1 Å². The molecule has 7 nitrogen and oxygen atoms in total. The van der Waals surface area contributed by atoms with Gasteiger partial charge in [-0.15, -0.1) is 0 Å². The minimum Gasteiger partial charge on any atom is -0.492 e. The molecule has 2 N–H and O–H groups in total. The maximum Gasteiger partial charge on any atom is 0.262 e. The number of halogens is 2. The van der Waals surface area contributed by atoms with Crippen LogP contribution < -0.4 is 19.5 Å². The molecule has 0 radical (unpaired) electrons. The van der Waals surface area contributed by atoms with Crippen molar-refractivity contribution in [1.82, 2.24) is 0 Å². The van der Waals surface area contributed by atoms with E-state index in [1.807, 2.05) is 6.92 Å². The molecule has 3 rings (SSSR count). The highest BCUT2D eigenvalue weighted by Gasteiger charge is 2.17. The molecule has 168 valence electrons. The molecule has 0 heterocycles. The van der Waals surface area contributed by atoms with E-state index in [1.165, 1.54) is 30.3 Å². The van der Waals surface area contributed by atoms with E-state index in [4.69, 9.17) is 21.1 Å². The first-order valence-corrected chi connectivity index (χ1v) is 11.4. The lowest BCUT2D eigenvalue weighted by Gasteiger charge is -2.13. The number of anilines is 2. The molecule has 0 spiro atoms. The molecule has 0 bridgehead atoms. The summed E-state index contributed by atoms with van der Waals surface area (Å²) in [5.74, 6) is -0.254. The van der Waals surface area contributed by atoms with Gasteiger partial charge in [-0.3, -0.25) is 9.52 Å². The van der Waals surface area contributed by atoms with Crippen LogP contribution in [0, 0.1) is 5.82 Å². The van der Waals surface area contributed by atoms with Crippen molar-refractivity contribution in [2.24, 2.45) is 0 Å². The van der Waals surface area contributed by atoms with Crippen molar-refractivity contribution in [3.63, 3.8) is 0 Å². The SMILES string of the molecule is CCOc1ccccc1NC(=O)COc1ccc(S(=O)(=O)Nc2ccc(F)cc2)cc1Cl. The third-order valence-electron chi connectivity index (χ3n) is 4.13. The van der Waals surface area contributed by atoms with Crippen molar-refractivity contribution in [2.45, 2.75) is 11.8 Å². The molecule has 0 aliphatic carbocycles. The normalized spacial score (nSPS) is 11.0. The average molecular weight is 479 g/mol. The van der Waals surface area contributed by atoms with Gasteiger partial charge < -0.3 is 14.8 Å². The molecule has 1 amide bonds. The summed E-state index contributed by atoms with van der Waals surface area (Å²) >= 11 is 6.15. The Morgan fingerprint density at radius 1 is 1.00 bits per heavy atom. The number of sulfonamides is 1. The third-order valence-corrected chi connectivity index (χ3v) is 5.80. The number of carbonyl (C=O) groups excluding carboxylic acids is 1. The van der Waals surface area contributed by atoms with Crippen LogP contribution in [0.2, 0.25) is 5.02 Å². The van der Waals surface area contributed by atoms with E-state index in [9.17, 15) is 17.6 Å². The first kappa shape index (κ1) is 23.4. The van der Waals surface area contributed by atoms with E-state index >= 15 is 0 Å². The van der Waals surface area contributed by atoms with Gasteiger partial charge in [-0.25, -0.2) is 12.8 Å². The predicted molar refractivity (Wildman–Crippen MR) is 120 cm³/mol. The van der Waals surface area contributed by atoms with Gasteiger partial charge in [0.15, 0.2) is 6.61 Å². The second-order valence-corrected chi connectivity index (χ2v) is 8.56. The minimum atomic E-state index is -3.95. The number of ether oxygens (including phenoxy) is 2. The van der Waals surface area contributed by atoms with E-state index in [1.54, 1.807) is 24.3 Å². The molecule has 0 aliphatic heterocycles. The average Bonchev–Trinajstić information content (AvgIpc) is 2.76. The third kappa shape index (κ3) is 6.12. The van der Waals surface area contributed by atoms with Crippen LogP contribution in [0.25, 0.3) is 0 Å². The second-order valence-electron chi connectivity index (χ2n) is 6.47. The number of hydrogen-bond acceptors (Lipinski definition) is 5. The lowest BCUT2D eigenvalue weighted by Crippen LogP contribution is -2.20. The standard InChI is InChI=1S/C22H20ClFN2O5S/c1-2-30-21-6-4-3-5-19(21)25-22(27)14-31-20-12-11-17(13-18(20)23)32(28,29)26-16-9-7-15(24)8-10-16/h3-13,26H,2,14H2,1H3,(H,25,27). The Morgan fingerprint density at radius 2 is 1.72 bits per heavy atom. The fourth-order valence-electron chi connectivity index (χ4n) is 2.68. The van der Waals surface area contributed by atoms with Gasteiger partial charge in [0.1, 0.15) is 17.3 Å². The highest BCUT2D eigenvalue weighted by molar-refractivity contribution is 7.92. The zero-order valence-corrected chi connectivity index (χ0v) is 18.5. The molecule has 0 atom stereocenters. The number of benzene rings is 3. The topological polar surface area (TPSA) is 93.7 Å². The summed E-state index contributed by atoms with van der Waals surface area (Å²) in [6.07, 6.45) is 0. The zero-order chi connectivity index (χ0) is 23.1. The number of rotatable bonds is 9. The molecule has 0 saturated carbocycles. The van der Waals surface area contributed by atoms with E-state index in [2.05, 4.69) is 10.0 Å². The minimum absolute atomic E-state index is 0.00879. The van der Waals surface area contributed by atoms with Gasteiger partial charge in [0, 0.05) is 5.69 Å². The van der Waals surface area contributed by atoms with Crippen LogP contribution >= 0.6 is 11.6 Å². The maximum atomic E-state index is 13.0. The van der Waals surface area contributed by atoms with Crippen LogP contribution in [0.3, 0.4) is 0 Å². The summed E-state index contributed by atoms with van der Waals surface area (Å²) in [7, 11) is -3.95. The number of nitrogens with one attached hydrogen (secondary N) is 2. The lowest BCUT2D eigenvalue weighted by molar-refractivity contribution is -0.118. The Bertz CT molecular complexity index is 1200. The zero-order valence-electron chi connectivity index (χ0n) is 17.0. The number of hydrogen-bond donors (Lipinski definition) is 2. The van der Waals surface area contributed by atoms with Crippen molar-refractivity contribution >= 4 is 38.9 Å². The molecule has 0 aliphatic rings. The maximum absolute atomic E-state index is 13.0. The van der Waals surface area contributed by atoms with Crippen molar-refractivity contribution in [2.75, 3.05) is 23.3 Å². The molecular formula is C22H20ClFN2O5S. The smallest absolute Gasteiger partial charge is 0.262 e. The van der Waals surface area contributed by atoms with Crippen LogP contribution in [0.5, 0.6) is 11.5 Å². The van der Waals surface area contributed by atoms with Crippen molar-refractivity contribution in [3.05, 3.63) is 77.6 Å². The van der Waals surface area contributed by atoms with Gasteiger partial charge >= 0.3 is 0 Å². The summed E-state index contributed by atoms with van der Waals surface area (Å²) in [6, 6.07) is 15.7. The highest BCUT2D eigenvalue weighted by Crippen LogP contribution is 2.29. The van der Waals surface area contributed by atoms with Crippen LogP contribution in [-0.4, -0.2) is 27.5 Å². The van der Waals surface area contributed by atoms with Gasteiger partial charge in [-0.2, -0.15) is 0 Å². The Kier molecular flexibility index (Phi) is 7.55. The molecule has 10 heteroatoms. The molecule has 32 heavy (non-hydrogen) atoms. The van der Waals surface area contributed by atoms with E-state index < -0.39 is 21.7 Å². The molecule has 3 aromatic rings. The van der Waals surface area contributed by atoms with Crippen molar-refractivity contribution in [3.8, 4) is 11.5 Å². The number of para-hydroxylation sites is 2. The number of carbonyl (C=O) groups is 1. The van der Waals surface area contributed by atoms with E-state index in [-0.39, 0.29) is 28.0 Å². The van der Waals surface area contributed by atoms with Gasteiger partial charge in [0.05, 0.1) is 22.2 Å². The first-order valence-electron chi connectivity index (χ1n) is 9.51. The van der Waals surface area contributed by atoms with Gasteiger partial charge in [-0.05, 0) is 61.5 Å². The fourth-order valence-corrected chi connectivity index (χ4v) is 4.06. The molecule has 3 aromatic carbocycles. The van der Waals surface area contributed by atoms with Crippen LogP contribution in [-0.2, 0) is 14.8 Å². The van der Waals surface area contributed by atoms with Gasteiger partial charge in [0.25, 0.3) is 15.9 Å². The van der Waals surface area contributed by atoms with Crippen LogP contribution in [0.15, 0.2) is 71.6 Å². The van der Waals surface area contributed by atoms with Crippen LogP contribution in [0.1, 0.15) is 6.92 Å². The first-order chi connectivity index (χ1) is 15.3. The summed E-state index contributed by atoms with van der Waals surface area (Å²) < 4.78 is 51.3. The van der Waals surface area contributed by atoms with E-state index in [0.29, 0.717) is 18.0 Å². The molecule has 0 fully saturated rings. The highest BCUT2D eigenvalue weighted by atomic mass is 35.5. The largest absolute Gasteiger partial charge is 0.492 e. The van der Waals surface area contributed by atoms with Gasteiger partial charge in [-0.1, -0.05) is 23.7 Å². The second kappa shape index (κ2) is 10.3. The predicted octanol–water partition coefficient (Wildman–Crippen LogP) is 4.70. The molecule has 0 saturated heterocycles. The Hall–Kier alpha value is -3.30. The molecule has 0 unspecified atom stereocenters.